The Morgan fingerprint density at radius 3 is 2.69 bits per heavy atom. The van der Waals surface area contributed by atoms with Crippen molar-refractivity contribution < 1.29 is 13.9 Å². The number of carbonyl (C=O) groups excluding carboxylic acids is 1. The number of hydrogen-bond acceptors (Lipinski definition) is 3. The number of carbonyl (C=O) groups is 1. The van der Waals surface area contributed by atoms with Gasteiger partial charge in [0.2, 0.25) is 0 Å². The smallest absolute Gasteiger partial charge is 0.338 e. The molecular formula is C19H16BrFN2O2S. The van der Waals surface area contributed by atoms with Crippen molar-refractivity contribution in [3.8, 4) is 0 Å². The number of nitrogens with one attached hydrogen (secondary N) is 2. The van der Waals surface area contributed by atoms with Crippen LogP contribution in [0.5, 0.6) is 0 Å². The zero-order valence-corrected chi connectivity index (χ0v) is 16.3. The molecule has 4 nitrogen and oxygen atoms in total. The first kappa shape index (κ1) is 18.5. The van der Waals surface area contributed by atoms with Crippen LogP contribution in [0, 0.1) is 5.82 Å². The fraction of sp³-hybridized carbons (Fsp3) is 0.158. The van der Waals surface area contributed by atoms with Crippen molar-refractivity contribution in [2.24, 2.45) is 0 Å². The Morgan fingerprint density at radius 1 is 1.27 bits per heavy atom. The molecule has 26 heavy (non-hydrogen) atoms. The van der Waals surface area contributed by atoms with Crippen LogP contribution in [0.4, 0.5) is 4.39 Å². The van der Waals surface area contributed by atoms with Crippen LogP contribution < -0.4 is 10.6 Å². The van der Waals surface area contributed by atoms with Gasteiger partial charge in [-0.05, 0) is 58.3 Å². The van der Waals surface area contributed by atoms with Crippen molar-refractivity contribution in [3.63, 3.8) is 0 Å². The van der Waals surface area contributed by atoms with Gasteiger partial charge in [-0.2, -0.15) is 0 Å². The molecule has 0 fully saturated rings. The van der Waals surface area contributed by atoms with Crippen LogP contribution in [0.15, 0.2) is 64.3 Å². The Hall–Kier alpha value is -2.25. The van der Waals surface area contributed by atoms with Gasteiger partial charge in [-0.1, -0.05) is 36.4 Å². The lowest BCUT2D eigenvalue weighted by molar-refractivity contribution is -0.140. The van der Waals surface area contributed by atoms with Gasteiger partial charge in [0.15, 0.2) is 5.11 Å². The largest absolute Gasteiger partial charge is 0.457 e. The molecule has 134 valence electrons. The summed E-state index contributed by atoms with van der Waals surface area (Å²) in [5.74, 6) is -0.835. The van der Waals surface area contributed by atoms with Gasteiger partial charge in [0.25, 0.3) is 0 Å². The molecule has 0 bridgehead atoms. The quantitative estimate of drug-likeness (QED) is 0.559. The number of halogens is 2. The molecule has 0 amide bonds. The average molecular weight is 435 g/mol. The summed E-state index contributed by atoms with van der Waals surface area (Å²) < 4.78 is 19.4. The van der Waals surface area contributed by atoms with E-state index in [1.807, 2.05) is 30.3 Å². The van der Waals surface area contributed by atoms with E-state index < -0.39 is 12.0 Å². The minimum atomic E-state index is -0.524. The number of allylic oxidation sites excluding steroid dienone is 1. The van der Waals surface area contributed by atoms with E-state index in [1.54, 1.807) is 19.1 Å². The monoisotopic (exact) mass is 434 g/mol. The van der Waals surface area contributed by atoms with Gasteiger partial charge in [-0.15, -0.1) is 0 Å². The molecule has 2 N–H and O–H groups in total. The van der Waals surface area contributed by atoms with Crippen molar-refractivity contribution in [2.45, 2.75) is 19.6 Å². The summed E-state index contributed by atoms with van der Waals surface area (Å²) in [4.78, 5) is 12.7. The van der Waals surface area contributed by atoms with Crippen LogP contribution in [-0.4, -0.2) is 11.1 Å². The molecule has 1 aliphatic heterocycles. The van der Waals surface area contributed by atoms with E-state index in [4.69, 9.17) is 17.0 Å². The molecule has 0 aliphatic carbocycles. The molecule has 0 saturated heterocycles. The second-order valence-corrected chi connectivity index (χ2v) is 7.07. The van der Waals surface area contributed by atoms with Crippen LogP contribution in [0.3, 0.4) is 0 Å². The van der Waals surface area contributed by atoms with E-state index in [9.17, 15) is 9.18 Å². The maximum absolute atomic E-state index is 13.6. The molecule has 0 aromatic heterocycles. The van der Waals surface area contributed by atoms with E-state index in [0.717, 1.165) is 5.56 Å². The van der Waals surface area contributed by atoms with Gasteiger partial charge in [0.1, 0.15) is 12.4 Å². The number of thiocarbonyl (C=S) groups is 1. The van der Waals surface area contributed by atoms with Crippen LogP contribution in [0.1, 0.15) is 24.1 Å². The minimum absolute atomic E-state index is 0.167. The molecule has 1 unspecified atom stereocenters. The predicted molar refractivity (Wildman–Crippen MR) is 105 cm³/mol. The third-order valence-corrected chi connectivity index (χ3v) is 4.81. The Kier molecular flexibility index (Phi) is 5.68. The Bertz CT molecular complexity index is 886. The first-order valence-corrected chi connectivity index (χ1v) is 9.10. The first-order valence-electron chi connectivity index (χ1n) is 7.90. The highest BCUT2D eigenvalue weighted by Crippen LogP contribution is 2.30. The third-order valence-electron chi connectivity index (χ3n) is 3.98. The lowest BCUT2D eigenvalue weighted by Crippen LogP contribution is -2.45. The third kappa shape index (κ3) is 4.11. The maximum Gasteiger partial charge on any atom is 0.338 e. The fourth-order valence-electron chi connectivity index (χ4n) is 2.71. The van der Waals surface area contributed by atoms with Gasteiger partial charge in [0.05, 0.1) is 16.1 Å². The summed E-state index contributed by atoms with van der Waals surface area (Å²) in [7, 11) is 0. The normalized spacial score (nSPS) is 16.7. The zero-order valence-electron chi connectivity index (χ0n) is 13.9. The number of hydrogen-bond donors (Lipinski definition) is 2. The van der Waals surface area contributed by atoms with Crippen LogP contribution in [-0.2, 0) is 16.1 Å². The van der Waals surface area contributed by atoms with Crippen LogP contribution in [0.25, 0.3) is 0 Å². The van der Waals surface area contributed by atoms with E-state index >= 15 is 0 Å². The second-order valence-electron chi connectivity index (χ2n) is 5.81. The second kappa shape index (κ2) is 7.97. The zero-order chi connectivity index (χ0) is 18.7. The van der Waals surface area contributed by atoms with Crippen molar-refractivity contribution in [1.82, 2.24) is 10.6 Å². The summed E-state index contributed by atoms with van der Waals surface area (Å²) in [6, 6.07) is 13.5. The van der Waals surface area contributed by atoms with E-state index in [0.29, 0.717) is 26.4 Å². The maximum atomic E-state index is 13.6. The summed E-state index contributed by atoms with van der Waals surface area (Å²) >= 11 is 8.38. The molecule has 0 radical (unpaired) electrons. The number of rotatable bonds is 4. The molecule has 3 rings (SSSR count). The summed E-state index contributed by atoms with van der Waals surface area (Å²) in [6.45, 7) is 1.93. The number of ether oxygens (including phenoxy) is 1. The van der Waals surface area contributed by atoms with Crippen molar-refractivity contribution in [2.75, 3.05) is 0 Å². The molecule has 1 atom stereocenters. The van der Waals surface area contributed by atoms with Gasteiger partial charge in [-0.25, -0.2) is 9.18 Å². The van der Waals surface area contributed by atoms with Gasteiger partial charge >= 0.3 is 5.97 Å². The molecule has 1 aliphatic rings. The van der Waals surface area contributed by atoms with Crippen LogP contribution in [0.2, 0.25) is 0 Å². The highest BCUT2D eigenvalue weighted by atomic mass is 79.9. The molecule has 1 heterocycles. The van der Waals surface area contributed by atoms with E-state index in [2.05, 4.69) is 26.6 Å². The van der Waals surface area contributed by atoms with Crippen molar-refractivity contribution in [1.29, 1.82) is 0 Å². The fourth-order valence-corrected chi connectivity index (χ4v) is 3.37. The lowest BCUT2D eigenvalue weighted by Gasteiger charge is -2.30. The Labute approximate surface area is 164 Å². The van der Waals surface area contributed by atoms with Crippen molar-refractivity contribution >= 4 is 39.2 Å². The molecular weight excluding hydrogens is 419 g/mol. The highest BCUT2D eigenvalue weighted by Gasteiger charge is 2.31. The predicted octanol–water partition coefficient (Wildman–Crippen LogP) is 4.12. The van der Waals surface area contributed by atoms with Crippen molar-refractivity contribution in [3.05, 3.63) is 81.2 Å². The van der Waals surface area contributed by atoms with E-state index in [-0.39, 0.29) is 12.4 Å². The minimum Gasteiger partial charge on any atom is -0.457 e. The summed E-state index contributed by atoms with van der Waals surface area (Å²) in [6.07, 6.45) is 0. The molecule has 0 spiro atoms. The number of esters is 1. The van der Waals surface area contributed by atoms with Gasteiger partial charge in [-0.3, -0.25) is 0 Å². The molecule has 2 aromatic carbocycles. The summed E-state index contributed by atoms with van der Waals surface area (Å²) in [5, 5.41) is 6.40. The van der Waals surface area contributed by atoms with Crippen LogP contribution >= 0.6 is 28.1 Å². The topological polar surface area (TPSA) is 50.4 Å². The molecule has 7 heteroatoms. The lowest BCUT2D eigenvalue weighted by atomic mass is 9.95. The SMILES string of the molecule is CC1=C(C(=O)OCc2ccccc2)C(c2ccc(F)c(Br)c2)NC(=S)N1. The Morgan fingerprint density at radius 2 is 2.00 bits per heavy atom. The van der Waals surface area contributed by atoms with Gasteiger partial charge in [0, 0.05) is 5.70 Å². The average Bonchev–Trinajstić information content (AvgIpc) is 2.62. The van der Waals surface area contributed by atoms with Gasteiger partial charge < -0.3 is 15.4 Å². The summed E-state index contributed by atoms with van der Waals surface area (Å²) in [5.41, 5.74) is 2.62. The standard InChI is InChI=1S/C19H16BrFN2O2S/c1-11-16(18(24)25-10-12-5-3-2-4-6-12)17(23-19(26)22-11)13-7-8-15(21)14(20)9-13/h2-9,17H,10H2,1H3,(H2,22,23,26). The number of benzene rings is 2. The Balaban J connectivity index is 1.87. The molecule has 2 aromatic rings. The first-order chi connectivity index (χ1) is 12.5. The molecule has 0 saturated carbocycles. The highest BCUT2D eigenvalue weighted by molar-refractivity contribution is 9.10. The van der Waals surface area contributed by atoms with E-state index in [1.165, 1.54) is 6.07 Å².